The van der Waals surface area contributed by atoms with Crippen LogP contribution in [0.3, 0.4) is 0 Å². The van der Waals surface area contributed by atoms with Crippen LogP contribution in [0.25, 0.3) is 0 Å². The highest BCUT2D eigenvalue weighted by atomic mass is 19.4. The predicted octanol–water partition coefficient (Wildman–Crippen LogP) is 3.72. The van der Waals surface area contributed by atoms with E-state index in [4.69, 9.17) is 0 Å². The molecule has 0 fully saturated rings. The first kappa shape index (κ1) is 11.1. The lowest BCUT2D eigenvalue weighted by Gasteiger charge is -2.09. The van der Waals surface area contributed by atoms with Gasteiger partial charge in [-0.25, -0.2) is 0 Å². The quantitative estimate of drug-likeness (QED) is 0.684. The zero-order chi connectivity index (χ0) is 10.8. The Hall–Kier alpha value is -0.990. The second-order valence-electron chi connectivity index (χ2n) is 3.51. The van der Waals surface area contributed by atoms with Crippen molar-refractivity contribution >= 4 is 0 Å². The molecule has 0 nitrogen and oxygen atoms in total. The molecule has 0 bridgehead atoms. The van der Waals surface area contributed by atoms with Gasteiger partial charge in [-0.2, -0.15) is 13.2 Å². The Balaban J connectivity index is 2.90. The van der Waals surface area contributed by atoms with Crippen LogP contribution in [0.15, 0.2) is 24.3 Å². The SMILES string of the molecule is [CH2]C(C)Cc1cccc(C(F)(F)F)c1. The van der Waals surface area contributed by atoms with Crippen molar-refractivity contribution < 1.29 is 13.2 Å². The van der Waals surface area contributed by atoms with Gasteiger partial charge in [-0.15, -0.1) is 0 Å². The Kier molecular flexibility index (Phi) is 3.19. The topological polar surface area (TPSA) is 0 Å². The summed E-state index contributed by atoms with van der Waals surface area (Å²) in [7, 11) is 0. The van der Waals surface area contributed by atoms with Gasteiger partial charge in [-0.3, -0.25) is 0 Å². The van der Waals surface area contributed by atoms with Gasteiger partial charge in [0.05, 0.1) is 5.56 Å². The van der Waals surface area contributed by atoms with Crippen molar-refractivity contribution in [1.29, 1.82) is 0 Å². The summed E-state index contributed by atoms with van der Waals surface area (Å²) in [4.78, 5) is 0. The van der Waals surface area contributed by atoms with E-state index in [2.05, 4.69) is 6.92 Å². The molecule has 1 aromatic carbocycles. The lowest BCUT2D eigenvalue weighted by Crippen LogP contribution is -2.06. The third kappa shape index (κ3) is 3.05. The fraction of sp³-hybridized carbons (Fsp3) is 0.364. The molecule has 0 saturated carbocycles. The van der Waals surface area contributed by atoms with Crippen molar-refractivity contribution in [2.24, 2.45) is 5.92 Å². The highest BCUT2D eigenvalue weighted by Gasteiger charge is 2.30. The molecule has 1 radical (unpaired) electrons. The normalized spacial score (nSPS) is 12.1. The van der Waals surface area contributed by atoms with E-state index >= 15 is 0 Å². The predicted molar refractivity (Wildman–Crippen MR) is 49.7 cm³/mol. The number of rotatable bonds is 2. The van der Waals surface area contributed by atoms with Crippen LogP contribution >= 0.6 is 0 Å². The molecule has 0 spiro atoms. The Morgan fingerprint density at radius 1 is 1.36 bits per heavy atom. The Morgan fingerprint density at radius 2 is 2.00 bits per heavy atom. The average molecular weight is 201 g/mol. The molecule has 3 heteroatoms. The molecule has 77 valence electrons. The van der Waals surface area contributed by atoms with Crippen molar-refractivity contribution in [3.63, 3.8) is 0 Å². The van der Waals surface area contributed by atoms with Crippen molar-refractivity contribution in [1.82, 2.24) is 0 Å². The van der Waals surface area contributed by atoms with Crippen LogP contribution in [0, 0.1) is 12.8 Å². The monoisotopic (exact) mass is 201 g/mol. The Labute approximate surface area is 81.8 Å². The number of hydrogen-bond donors (Lipinski definition) is 0. The molecular formula is C11H12F3. The van der Waals surface area contributed by atoms with E-state index in [9.17, 15) is 13.2 Å². The maximum atomic E-state index is 12.3. The van der Waals surface area contributed by atoms with E-state index < -0.39 is 11.7 Å². The second-order valence-corrected chi connectivity index (χ2v) is 3.51. The lowest BCUT2D eigenvalue weighted by molar-refractivity contribution is -0.137. The average Bonchev–Trinajstić information content (AvgIpc) is 2.01. The molecule has 14 heavy (non-hydrogen) atoms. The molecule has 0 aromatic heterocycles. The summed E-state index contributed by atoms with van der Waals surface area (Å²) in [5.74, 6) is 0.124. The minimum atomic E-state index is -4.25. The van der Waals surface area contributed by atoms with Crippen molar-refractivity contribution in [3.05, 3.63) is 42.3 Å². The number of alkyl halides is 3. The van der Waals surface area contributed by atoms with Crippen LogP contribution in [0.5, 0.6) is 0 Å². The summed E-state index contributed by atoms with van der Waals surface area (Å²) in [6.45, 7) is 5.62. The standard InChI is InChI=1S/C11H12F3/c1-8(2)6-9-4-3-5-10(7-9)11(12,13)14/h3-5,7-8H,1,6H2,2H3. The van der Waals surface area contributed by atoms with E-state index in [0.717, 1.165) is 6.07 Å². The van der Waals surface area contributed by atoms with Crippen molar-refractivity contribution in [2.45, 2.75) is 19.5 Å². The highest BCUT2D eigenvalue weighted by molar-refractivity contribution is 5.25. The third-order valence-corrected chi connectivity index (χ3v) is 1.84. The smallest absolute Gasteiger partial charge is 0.166 e. The molecule has 0 aliphatic carbocycles. The minimum absolute atomic E-state index is 0.124. The number of hydrogen-bond acceptors (Lipinski definition) is 0. The van der Waals surface area contributed by atoms with Crippen LogP contribution in [0.1, 0.15) is 18.1 Å². The minimum Gasteiger partial charge on any atom is -0.166 e. The maximum Gasteiger partial charge on any atom is 0.416 e. The summed E-state index contributed by atoms with van der Waals surface area (Å²) in [5, 5.41) is 0. The fourth-order valence-electron chi connectivity index (χ4n) is 1.28. The van der Waals surface area contributed by atoms with E-state index in [1.165, 1.54) is 12.1 Å². The molecule has 1 aromatic rings. The Bertz CT molecular complexity index is 300. The van der Waals surface area contributed by atoms with Gasteiger partial charge in [0, 0.05) is 0 Å². The molecule has 0 heterocycles. The summed E-state index contributed by atoms with van der Waals surface area (Å²) in [6.07, 6.45) is -3.68. The lowest BCUT2D eigenvalue weighted by atomic mass is 10.0. The second kappa shape index (κ2) is 4.03. The van der Waals surface area contributed by atoms with Crippen LogP contribution in [0.4, 0.5) is 13.2 Å². The molecule has 1 atom stereocenters. The summed E-state index contributed by atoms with van der Waals surface area (Å²) < 4.78 is 36.9. The molecule has 0 aliphatic heterocycles. The van der Waals surface area contributed by atoms with E-state index in [-0.39, 0.29) is 5.92 Å². The van der Waals surface area contributed by atoms with Crippen LogP contribution in [-0.4, -0.2) is 0 Å². The molecule has 1 unspecified atom stereocenters. The van der Waals surface area contributed by atoms with E-state index in [1.54, 1.807) is 6.07 Å². The molecular weight excluding hydrogens is 189 g/mol. The zero-order valence-electron chi connectivity index (χ0n) is 7.93. The maximum absolute atomic E-state index is 12.3. The molecule has 0 aliphatic rings. The van der Waals surface area contributed by atoms with Crippen LogP contribution < -0.4 is 0 Å². The van der Waals surface area contributed by atoms with Crippen LogP contribution in [-0.2, 0) is 12.6 Å². The molecule has 0 N–H and O–H groups in total. The molecule has 1 rings (SSSR count). The highest BCUT2D eigenvalue weighted by Crippen LogP contribution is 2.29. The van der Waals surface area contributed by atoms with Gasteiger partial charge in [0.25, 0.3) is 0 Å². The molecule has 0 saturated heterocycles. The largest absolute Gasteiger partial charge is 0.416 e. The summed E-state index contributed by atoms with van der Waals surface area (Å²) in [5.41, 5.74) is 0.0953. The number of halogens is 3. The number of benzene rings is 1. The van der Waals surface area contributed by atoms with E-state index in [1.807, 2.05) is 6.92 Å². The van der Waals surface area contributed by atoms with Crippen LogP contribution in [0.2, 0.25) is 0 Å². The summed E-state index contributed by atoms with van der Waals surface area (Å²) in [6, 6.07) is 5.39. The zero-order valence-corrected chi connectivity index (χ0v) is 7.93. The first-order valence-corrected chi connectivity index (χ1v) is 4.39. The fourth-order valence-corrected chi connectivity index (χ4v) is 1.28. The Morgan fingerprint density at radius 3 is 2.50 bits per heavy atom. The van der Waals surface area contributed by atoms with Crippen molar-refractivity contribution in [3.8, 4) is 0 Å². The van der Waals surface area contributed by atoms with Crippen molar-refractivity contribution in [2.75, 3.05) is 0 Å². The van der Waals surface area contributed by atoms with Gasteiger partial charge in [0.1, 0.15) is 0 Å². The molecule has 0 amide bonds. The van der Waals surface area contributed by atoms with Gasteiger partial charge in [-0.05, 0) is 24.0 Å². The first-order valence-electron chi connectivity index (χ1n) is 4.39. The summed E-state index contributed by atoms with van der Waals surface area (Å²) >= 11 is 0. The third-order valence-electron chi connectivity index (χ3n) is 1.84. The van der Waals surface area contributed by atoms with Gasteiger partial charge >= 0.3 is 6.18 Å². The van der Waals surface area contributed by atoms with Gasteiger partial charge in [0.2, 0.25) is 0 Å². The van der Waals surface area contributed by atoms with Gasteiger partial charge in [0.15, 0.2) is 0 Å². The van der Waals surface area contributed by atoms with Gasteiger partial charge < -0.3 is 0 Å². The van der Waals surface area contributed by atoms with E-state index in [0.29, 0.717) is 12.0 Å². The van der Waals surface area contributed by atoms with Gasteiger partial charge in [-0.1, -0.05) is 32.0 Å². The first-order chi connectivity index (χ1) is 6.39.